The molecule has 0 aromatic heterocycles. The number of hydrogen-bond donors (Lipinski definition) is 0. The fourth-order valence-corrected chi connectivity index (χ4v) is 3.60. The summed E-state index contributed by atoms with van der Waals surface area (Å²) in [6.07, 6.45) is 2.30. The minimum absolute atomic E-state index is 0.0337. The summed E-state index contributed by atoms with van der Waals surface area (Å²) >= 11 is 0. The molecular weight excluding hydrogens is 202 g/mol. The van der Waals surface area contributed by atoms with Gasteiger partial charge in [0.2, 0.25) is 5.91 Å². The van der Waals surface area contributed by atoms with Gasteiger partial charge in [-0.1, -0.05) is 5.57 Å². The third-order valence-electron chi connectivity index (χ3n) is 2.74. The normalized spacial score (nSPS) is 30.9. The zero-order valence-electron chi connectivity index (χ0n) is 8.06. The number of hydrogen-bond acceptors (Lipinski definition) is 3. The quantitative estimate of drug-likeness (QED) is 0.570. The molecule has 2 aliphatic rings. The summed E-state index contributed by atoms with van der Waals surface area (Å²) in [5.74, 6) is 0.208. The third kappa shape index (κ3) is 1.68. The Balaban J connectivity index is 2.26. The van der Waals surface area contributed by atoms with E-state index in [9.17, 15) is 13.2 Å². The van der Waals surface area contributed by atoms with Crippen LogP contribution in [0.25, 0.3) is 0 Å². The van der Waals surface area contributed by atoms with Gasteiger partial charge in [0.15, 0.2) is 9.84 Å². The summed E-state index contributed by atoms with van der Waals surface area (Å²) in [4.78, 5) is 13.2. The summed E-state index contributed by atoms with van der Waals surface area (Å²) < 4.78 is 22.7. The highest BCUT2D eigenvalue weighted by atomic mass is 32.2. The van der Waals surface area contributed by atoms with Crippen LogP contribution in [-0.4, -0.2) is 43.3 Å². The van der Waals surface area contributed by atoms with E-state index >= 15 is 0 Å². The first-order valence-electron chi connectivity index (χ1n) is 4.66. The highest BCUT2D eigenvalue weighted by molar-refractivity contribution is 7.91. The number of carbonyl (C=O) groups is 1. The van der Waals surface area contributed by atoms with Crippen molar-refractivity contribution in [3.63, 3.8) is 0 Å². The van der Waals surface area contributed by atoms with Gasteiger partial charge < -0.3 is 4.90 Å². The maximum absolute atomic E-state index is 11.5. The van der Waals surface area contributed by atoms with E-state index in [0.717, 1.165) is 5.57 Å². The maximum Gasteiger partial charge on any atom is 0.246 e. The lowest BCUT2D eigenvalue weighted by molar-refractivity contribution is -0.128. The number of carbonyl (C=O) groups excluding carboxylic acids is 1. The fourth-order valence-electron chi connectivity index (χ4n) is 2.07. The van der Waals surface area contributed by atoms with E-state index in [0.29, 0.717) is 13.0 Å². The van der Waals surface area contributed by atoms with Gasteiger partial charge in [0.25, 0.3) is 0 Å². The van der Waals surface area contributed by atoms with Crippen molar-refractivity contribution >= 4 is 15.7 Å². The molecule has 1 fully saturated rings. The van der Waals surface area contributed by atoms with Gasteiger partial charge in [0, 0.05) is 18.7 Å². The summed E-state index contributed by atoms with van der Waals surface area (Å²) in [7, 11) is -2.92. The minimum atomic E-state index is -2.92. The summed E-state index contributed by atoms with van der Waals surface area (Å²) in [5.41, 5.74) is 0.980. The molecule has 1 atom stereocenters. The van der Waals surface area contributed by atoms with E-state index in [1.54, 1.807) is 11.0 Å². The number of rotatable bonds is 0. The SMILES string of the molecule is CC1=CC(=O)N2CCS(=O)(=O)CC2C1. The standard InChI is InChI=1S/C9H13NO3S/c1-7-4-8-6-14(12,13)3-2-10(8)9(11)5-7/h5,8H,2-4,6H2,1H3. The Labute approximate surface area is 83.5 Å². The molecule has 0 aromatic carbocycles. The van der Waals surface area contributed by atoms with Crippen LogP contribution in [-0.2, 0) is 14.6 Å². The Bertz CT molecular complexity index is 396. The third-order valence-corrected chi connectivity index (χ3v) is 4.44. The van der Waals surface area contributed by atoms with Gasteiger partial charge >= 0.3 is 0 Å². The van der Waals surface area contributed by atoms with E-state index in [4.69, 9.17) is 0 Å². The molecule has 78 valence electrons. The highest BCUT2D eigenvalue weighted by Crippen LogP contribution is 2.23. The van der Waals surface area contributed by atoms with Crippen LogP contribution in [0.3, 0.4) is 0 Å². The second kappa shape index (κ2) is 3.08. The van der Waals surface area contributed by atoms with Crippen molar-refractivity contribution in [2.75, 3.05) is 18.1 Å². The van der Waals surface area contributed by atoms with Gasteiger partial charge in [0.1, 0.15) is 0 Å². The maximum atomic E-state index is 11.5. The molecule has 4 nitrogen and oxygen atoms in total. The van der Waals surface area contributed by atoms with Gasteiger partial charge in [-0.05, 0) is 13.3 Å². The Morgan fingerprint density at radius 1 is 1.50 bits per heavy atom. The average molecular weight is 215 g/mol. The zero-order chi connectivity index (χ0) is 10.3. The van der Waals surface area contributed by atoms with E-state index in [1.807, 2.05) is 6.92 Å². The molecule has 1 amide bonds. The van der Waals surface area contributed by atoms with Crippen molar-refractivity contribution < 1.29 is 13.2 Å². The van der Waals surface area contributed by atoms with Gasteiger partial charge in [-0.2, -0.15) is 0 Å². The van der Waals surface area contributed by atoms with Crippen LogP contribution in [0.5, 0.6) is 0 Å². The van der Waals surface area contributed by atoms with Crippen LogP contribution in [0.15, 0.2) is 11.6 Å². The van der Waals surface area contributed by atoms with Crippen LogP contribution >= 0.6 is 0 Å². The van der Waals surface area contributed by atoms with E-state index in [-0.39, 0.29) is 23.5 Å². The molecule has 0 bridgehead atoms. The predicted octanol–water partition coefficient (Wildman–Crippen LogP) is -0.0380. The van der Waals surface area contributed by atoms with Gasteiger partial charge in [0.05, 0.1) is 11.5 Å². The van der Waals surface area contributed by atoms with Crippen LogP contribution < -0.4 is 0 Å². The van der Waals surface area contributed by atoms with Crippen molar-refractivity contribution in [3.05, 3.63) is 11.6 Å². The molecule has 2 aliphatic heterocycles. The van der Waals surface area contributed by atoms with Crippen molar-refractivity contribution in [2.45, 2.75) is 19.4 Å². The number of amides is 1. The molecule has 0 aromatic rings. The molecule has 0 N–H and O–H groups in total. The smallest absolute Gasteiger partial charge is 0.246 e. The second-order valence-electron chi connectivity index (χ2n) is 3.99. The molecule has 0 saturated carbocycles. The molecule has 2 heterocycles. The predicted molar refractivity (Wildman–Crippen MR) is 52.5 cm³/mol. The lowest BCUT2D eigenvalue weighted by Crippen LogP contribution is -2.52. The lowest BCUT2D eigenvalue weighted by Gasteiger charge is -2.37. The summed E-state index contributed by atoms with van der Waals surface area (Å²) in [5, 5.41) is 0. The Hall–Kier alpha value is -0.840. The Morgan fingerprint density at radius 3 is 2.93 bits per heavy atom. The average Bonchev–Trinajstić information content (AvgIpc) is 2.00. The molecule has 0 radical (unpaired) electrons. The molecule has 2 rings (SSSR count). The molecule has 1 saturated heterocycles. The largest absolute Gasteiger partial charge is 0.334 e. The topological polar surface area (TPSA) is 54.5 Å². The number of fused-ring (bicyclic) bond motifs is 1. The van der Waals surface area contributed by atoms with Crippen LogP contribution in [0, 0.1) is 0 Å². The molecule has 0 spiro atoms. The van der Waals surface area contributed by atoms with Gasteiger partial charge in [-0.3, -0.25) is 4.79 Å². The highest BCUT2D eigenvalue weighted by Gasteiger charge is 2.35. The summed E-state index contributed by atoms with van der Waals surface area (Å²) in [6.45, 7) is 2.23. The van der Waals surface area contributed by atoms with Crippen LogP contribution in [0.2, 0.25) is 0 Å². The van der Waals surface area contributed by atoms with E-state index < -0.39 is 9.84 Å². The van der Waals surface area contributed by atoms with Crippen molar-refractivity contribution in [1.82, 2.24) is 4.90 Å². The molecule has 0 aliphatic carbocycles. The molecular formula is C9H13NO3S. The Morgan fingerprint density at radius 2 is 2.21 bits per heavy atom. The molecule has 14 heavy (non-hydrogen) atoms. The van der Waals surface area contributed by atoms with Crippen molar-refractivity contribution in [1.29, 1.82) is 0 Å². The first kappa shape index (κ1) is 9.71. The number of nitrogens with zero attached hydrogens (tertiary/aromatic N) is 1. The van der Waals surface area contributed by atoms with Crippen molar-refractivity contribution in [3.8, 4) is 0 Å². The molecule has 1 unspecified atom stereocenters. The molecule has 5 heteroatoms. The zero-order valence-corrected chi connectivity index (χ0v) is 8.88. The van der Waals surface area contributed by atoms with Crippen molar-refractivity contribution in [2.24, 2.45) is 0 Å². The number of sulfone groups is 1. The minimum Gasteiger partial charge on any atom is -0.334 e. The second-order valence-corrected chi connectivity index (χ2v) is 6.22. The first-order valence-corrected chi connectivity index (χ1v) is 6.48. The Kier molecular flexibility index (Phi) is 2.14. The van der Waals surface area contributed by atoms with E-state index in [2.05, 4.69) is 0 Å². The van der Waals surface area contributed by atoms with Gasteiger partial charge in [-0.15, -0.1) is 0 Å². The first-order chi connectivity index (χ1) is 6.48. The van der Waals surface area contributed by atoms with E-state index in [1.165, 1.54) is 0 Å². The van der Waals surface area contributed by atoms with Gasteiger partial charge in [-0.25, -0.2) is 8.42 Å². The monoisotopic (exact) mass is 215 g/mol. The summed E-state index contributed by atoms with van der Waals surface area (Å²) in [6, 6.07) is -0.119. The fraction of sp³-hybridized carbons (Fsp3) is 0.667. The van der Waals surface area contributed by atoms with Crippen LogP contribution in [0.4, 0.5) is 0 Å². The lowest BCUT2D eigenvalue weighted by atomic mass is 10.0. The van der Waals surface area contributed by atoms with Crippen LogP contribution in [0.1, 0.15) is 13.3 Å².